The summed E-state index contributed by atoms with van der Waals surface area (Å²) in [5.74, 6) is 2.66. The number of aromatic amines is 2. The molecule has 19 heteroatoms. The Kier molecular flexibility index (Phi) is 12.4. The molecule has 0 saturated carbocycles. The molecule has 0 aliphatic heterocycles. The number of nitrogens with one attached hydrogen (secondary N) is 2. The van der Waals surface area contributed by atoms with Crippen molar-refractivity contribution in [2.45, 2.75) is 35.0 Å². The van der Waals surface area contributed by atoms with Crippen LogP contribution in [0.4, 0.5) is 17.6 Å². The van der Waals surface area contributed by atoms with Crippen LogP contribution in [0.1, 0.15) is 11.4 Å². The fourth-order valence-electron chi connectivity index (χ4n) is 4.70. The largest absolute Gasteiger partial charge is 0.493 e. The normalized spacial score (nSPS) is 11.7. The Balaban J connectivity index is 0.000000198. The van der Waals surface area contributed by atoms with Crippen LogP contribution in [0.3, 0.4) is 0 Å². The van der Waals surface area contributed by atoms with Crippen molar-refractivity contribution in [3.05, 3.63) is 72.3 Å². The summed E-state index contributed by atoms with van der Waals surface area (Å²) in [5, 5.41) is 0.830. The van der Waals surface area contributed by atoms with Crippen LogP contribution in [0.2, 0.25) is 0 Å². The van der Waals surface area contributed by atoms with E-state index in [1.54, 1.807) is 38.6 Å². The summed E-state index contributed by atoms with van der Waals surface area (Å²) in [7, 11) is 4.52. The maximum absolute atomic E-state index is 12.6. The Morgan fingerprint density at radius 3 is 1.78 bits per heavy atom. The number of methoxy groups -OCH3 is 4. The quantitative estimate of drug-likeness (QED) is 0.0894. The van der Waals surface area contributed by atoms with Crippen LogP contribution >= 0.6 is 11.8 Å². The van der Waals surface area contributed by atoms with Gasteiger partial charge in [-0.15, -0.1) is 0 Å². The Hall–Kier alpha value is -5.30. The number of rotatable bonds is 14. The van der Waals surface area contributed by atoms with E-state index in [1.807, 2.05) is 0 Å². The summed E-state index contributed by atoms with van der Waals surface area (Å²) >= 11 is 1.41. The number of hydrogen-bond donors (Lipinski definition) is 2. The van der Waals surface area contributed by atoms with Crippen LogP contribution in [0, 0.1) is 0 Å². The third-order valence-electron chi connectivity index (χ3n) is 6.88. The van der Waals surface area contributed by atoms with Gasteiger partial charge in [0.15, 0.2) is 33.3 Å². The van der Waals surface area contributed by atoms with Crippen molar-refractivity contribution >= 4 is 44.6 Å². The molecule has 0 unspecified atom stereocenters. The zero-order chi connectivity index (χ0) is 36.5. The number of hydrogen-bond acceptors (Lipinski definition) is 12. The predicted octanol–water partition coefficient (Wildman–Crippen LogP) is 6.75. The minimum Gasteiger partial charge on any atom is -0.493 e. The van der Waals surface area contributed by atoms with Gasteiger partial charge in [-0.05, 0) is 24.3 Å². The molecule has 6 aromatic rings. The third-order valence-corrected chi connectivity index (χ3v) is 8.92. The molecule has 0 fully saturated rings. The van der Waals surface area contributed by atoms with E-state index in [0.717, 1.165) is 0 Å². The van der Waals surface area contributed by atoms with E-state index in [1.165, 1.54) is 62.5 Å². The molecule has 4 heterocycles. The minimum absolute atomic E-state index is 0.00962. The number of aromatic nitrogens is 6. The van der Waals surface area contributed by atoms with E-state index in [2.05, 4.69) is 39.4 Å². The smallest absolute Gasteiger partial charge is 0.387 e. The first-order valence-corrected chi connectivity index (χ1v) is 16.9. The molecule has 270 valence electrons. The SMILES string of the molecule is COc1ccnc(CSc2nc3ccc(OC(F)F)cc3[nH]2)c1OC.COc1ccnc(C[S@](=O)c2nc3ccc(OC(F)F)cc3[nH]2)c1OC. The molecule has 1 atom stereocenters. The van der Waals surface area contributed by atoms with E-state index in [9.17, 15) is 21.8 Å². The van der Waals surface area contributed by atoms with Gasteiger partial charge < -0.3 is 38.4 Å². The Morgan fingerprint density at radius 2 is 1.24 bits per heavy atom. The van der Waals surface area contributed by atoms with E-state index in [-0.39, 0.29) is 22.4 Å². The van der Waals surface area contributed by atoms with Crippen LogP contribution in [-0.4, -0.2) is 75.8 Å². The second-order valence-corrected chi connectivity index (χ2v) is 12.3. The van der Waals surface area contributed by atoms with Crippen LogP contribution in [0.25, 0.3) is 22.1 Å². The van der Waals surface area contributed by atoms with Gasteiger partial charge in [0, 0.05) is 42.4 Å². The number of benzene rings is 2. The summed E-state index contributed by atoms with van der Waals surface area (Å²) in [6.45, 7) is -5.78. The van der Waals surface area contributed by atoms with Gasteiger partial charge in [-0.3, -0.25) is 14.2 Å². The lowest BCUT2D eigenvalue weighted by Crippen LogP contribution is -2.04. The Bertz CT molecular complexity index is 2120. The highest BCUT2D eigenvalue weighted by atomic mass is 32.2. The number of thioether (sulfide) groups is 1. The number of pyridine rings is 2. The monoisotopic (exact) mass is 750 g/mol. The molecule has 4 aromatic heterocycles. The van der Waals surface area contributed by atoms with E-state index >= 15 is 0 Å². The van der Waals surface area contributed by atoms with Crippen LogP contribution in [-0.2, 0) is 22.3 Å². The summed E-state index contributed by atoms with van der Waals surface area (Å²) in [6.07, 6.45) is 3.17. The highest BCUT2D eigenvalue weighted by molar-refractivity contribution is 7.98. The van der Waals surface area contributed by atoms with Crippen molar-refractivity contribution in [1.29, 1.82) is 0 Å². The topological polar surface area (TPSA) is 156 Å². The average molecular weight is 751 g/mol. The number of halogens is 4. The first kappa shape index (κ1) is 37.0. The van der Waals surface area contributed by atoms with Crippen molar-refractivity contribution in [1.82, 2.24) is 29.9 Å². The maximum atomic E-state index is 12.6. The summed E-state index contributed by atoms with van der Waals surface area (Å²) in [6, 6.07) is 12.2. The maximum Gasteiger partial charge on any atom is 0.387 e. The summed E-state index contributed by atoms with van der Waals surface area (Å²) in [4.78, 5) is 23.1. The number of fused-ring (bicyclic) bond motifs is 2. The molecule has 2 aromatic carbocycles. The standard InChI is InChI=1S/C16H15F2N3O4S.C16H15F2N3O3S/c1-23-13-5-6-19-12(14(13)24-2)8-26(22)16-20-10-4-3-9(25-15(17)18)7-11(10)21-16;1-22-13-5-6-19-12(14(13)23-2)8-25-16-20-10-4-3-9(24-15(17)18)7-11(10)21-16/h3-7,15H,8H2,1-2H3,(H,20,21);3-7,15H,8H2,1-2H3,(H,20,21)/t26-;/m0./s1. The van der Waals surface area contributed by atoms with Crippen LogP contribution in [0.5, 0.6) is 34.5 Å². The van der Waals surface area contributed by atoms with Gasteiger partial charge in [0.2, 0.25) is 0 Å². The summed E-state index contributed by atoms with van der Waals surface area (Å²) < 4.78 is 91.6. The highest BCUT2D eigenvalue weighted by Gasteiger charge is 2.18. The molecule has 0 saturated heterocycles. The molecule has 51 heavy (non-hydrogen) atoms. The molecule has 0 spiro atoms. The molecule has 6 rings (SSSR count). The average Bonchev–Trinajstić information content (AvgIpc) is 3.73. The second kappa shape index (κ2) is 17.1. The fourth-order valence-corrected chi connectivity index (χ4v) is 6.53. The first-order valence-electron chi connectivity index (χ1n) is 14.6. The van der Waals surface area contributed by atoms with Crippen molar-refractivity contribution in [2.24, 2.45) is 0 Å². The van der Waals surface area contributed by atoms with Crippen LogP contribution in [0.15, 0.2) is 71.2 Å². The van der Waals surface area contributed by atoms with Crippen molar-refractivity contribution < 1.29 is 50.2 Å². The van der Waals surface area contributed by atoms with Crippen molar-refractivity contribution in [2.75, 3.05) is 28.4 Å². The van der Waals surface area contributed by atoms with E-state index in [4.69, 9.17) is 18.9 Å². The highest BCUT2D eigenvalue weighted by Crippen LogP contribution is 2.34. The lowest BCUT2D eigenvalue weighted by molar-refractivity contribution is -0.0504. The Morgan fingerprint density at radius 1 is 0.706 bits per heavy atom. The van der Waals surface area contributed by atoms with Gasteiger partial charge in [0.05, 0.1) is 78.4 Å². The van der Waals surface area contributed by atoms with Gasteiger partial charge in [-0.1, -0.05) is 11.8 Å². The summed E-state index contributed by atoms with van der Waals surface area (Å²) in [5.41, 5.74) is 3.37. The number of ether oxygens (including phenoxy) is 6. The van der Waals surface area contributed by atoms with Gasteiger partial charge >= 0.3 is 13.2 Å². The molecule has 13 nitrogen and oxygen atoms in total. The number of imidazole rings is 2. The molecule has 0 radical (unpaired) electrons. The Labute approximate surface area is 294 Å². The minimum atomic E-state index is -2.92. The van der Waals surface area contributed by atoms with Crippen LogP contribution < -0.4 is 28.4 Å². The number of H-pyrrole nitrogens is 2. The lowest BCUT2D eigenvalue weighted by Gasteiger charge is -2.10. The molecular formula is C32H30F4N6O7S2. The first-order chi connectivity index (χ1) is 24.6. The molecule has 0 aliphatic rings. The lowest BCUT2D eigenvalue weighted by atomic mass is 10.3. The fraction of sp³-hybridized carbons (Fsp3) is 0.250. The van der Waals surface area contributed by atoms with Crippen molar-refractivity contribution in [3.8, 4) is 34.5 Å². The van der Waals surface area contributed by atoms with E-state index in [0.29, 0.717) is 67.4 Å². The predicted molar refractivity (Wildman–Crippen MR) is 180 cm³/mol. The molecule has 0 aliphatic carbocycles. The van der Waals surface area contributed by atoms with E-state index < -0.39 is 24.0 Å². The number of nitrogens with zero attached hydrogens (tertiary/aromatic N) is 4. The second-order valence-electron chi connectivity index (χ2n) is 9.96. The molecule has 0 bridgehead atoms. The van der Waals surface area contributed by atoms with Gasteiger partial charge in [-0.25, -0.2) is 9.97 Å². The molecule has 0 amide bonds. The zero-order valence-electron chi connectivity index (χ0n) is 27.3. The molecular weight excluding hydrogens is 721 g/mol. The van der Waals surface area contributed by atoms with Crippen molar-refractivity contribution in [3.63, 3.8) is 0 Å². The third kappa shape index (κ3) is 9.28. The van der Waals surface area contributed by atoms with Gasteiger partial charge in [0.25, 0.3) is 0 Å². The number of alkyl halides is 4. The zero-order valence-corrected chi connectivity index (χ0v) is 29.0. The van der Waals surface area contributed by atoms with Gasteiger partial charge in [-0.2, -0.15) is 17.6 Å². The van der Waals surface area contributed by atoms with Gasteiger partial charge in [0.1, 0.15) is 11.5 Å². The molecule has 2 N–H and O–H groups in total.